The molecule has 0 aliphatic carbocycles. The molecule has 21 heavy (non-hydrogen) atoms. The summed E-state index contributed by atoms with van der Waals surface area (Å²) in [4.78, 5) is 5.68. The lowest BCUT2D eigenvalue weighted by molar-refractivity contribution is 0.625. The summed E-state index contributed by atoms with van der Waals surface area (Å²) in [5, 5.41) is 13.2. The maximum Gasteiger partial charge on any atom is 0.221 e. The van der Waals surface area contributed by atoms with E-state index in [1.54, 1.807) is 32.1 Å². The number of benzene rings is 1. The second kappa shape index (κ2) is 5.63. The highest BCUT2D eigenvalue weighted by molar-refractivity contribution is 5.90. The average Bonchev–Trinajstić information content (AvgIpc) is 2.75. The number of aromatic nitrogens is 2. The van der Waals surface area contributed by atoms with Crippen LogP contribution in [0.3, 0.4) is 0 Å². The highest BCUT2D eigenvalue weighted by Gasteiger charge is 2.14. The number of anilines is 2. The summed E-state index contributed by atoms with van der Waals surface area (Å²) in [6.45, 7) is 1.78. The summed E-state index contributed by atoms with van der Waals surface area (Å²) in [7, 11) is 3.48. The largest absolute Gasteiger partial charge is 0.376 e. The Balaban J connectivity index is 2.53. The van der Waals surface area contributed by atoms with Crippen LogP contribution in [-0.2, 0) is 0 Å². The van der Waals surface area contributed by atoms with E-state index in [1.165, 1.54) is 23.0 Å². The maximum absolute atomic E-state index is 14.1. The minimum absolute atomic E-state index is 0.215. The van der Waals surface area contributed by atoms with E-state index in [2.05, 4.69) is 10.1 Å². The Morgan fingerprint density at radius 1 is 1.48 bits per heavy atom. The summed E-state index contributed by atoms with van der Waals surface area (Å²) in [5.74, 6) is -0.246. The van der Waals surface area contributed by atoms with Crippen LogP contribution in [0.4, 0.5) is 16.0 Å². The van der Waals surface area contributed by atoms with E-state index in [0.717, 1.165) is 0 Å². The molecule has 0 saturated heterocycles. The van der Waals surface area contributed by atoms with Gasteiger partial charge in [0.15, 0.2) is 0 Å². The molecule has 0 radical (unpaired) electrons. The molecule has 0 aliphatic heterocycles. The Bertz CT molecular complexity index is 739. The van der Waals surface area contributed by atoms with Crippen LogP contribution in [0.2, 0.25) is 0 Å². The Morgan fingerprint density at radius 3 is 2.71 bits per heavy atom. The van der Waals surface area contributed by atoms with Gasteiger partial charge in [-0.3, -0.25) is 0 Å². The molecule has 2 aromatic rings. The molecule has 2 N–H and O–H groups in total. The van der Waals surface area contributed by atoms with Crippen LogP contribution in [0.25, 0.3) is 0 Å². The van der Waals surface area contributed by atoms with Crippen LogP contribution < -0.4 is 10.6 Å². The first kappa shape index (κ1) is 14.5. The summed E-state index contributed by atoms with van der Waals surface area (Å²) < 4.78 is 15.4. The van der Waals surface area contributed by atoms with Gasteiger partial charge in [-0.05, 0) is 19.1 Å². The quantitative estimate of drug-likeness (QED) is 0.871. The van der Waals surface area contributed by atoms with E-state index in [0.29, 0.717) is 16.9 Å². The zero-order valence-corrected chi connectivity index (χ0v) is 12.0. The number of halogens is 1. The Hall–Kier alpha value is -2.88. The standard InChI is InChI=1S/C14H15FN6/c1-9-8-21(14(17)19-9)18-7-11-12(15)5-4-10(6-16)13(11)20(2)3/h4-5,7-8H,1-3H3,(H2,17,19). The van der Waals surface area contributed by atoms with Gasteiger partial charge < -0.3 is 10.6 Å². The topological polar surface area (TPSA) is 83.2 Å². The molecule has 1 aromatic carbocycles. The molecule has 7 heteroatoms. The predicted molar refractivity (Wildman–Crippen MR) is 79.8 cm³/mol. The van der Waals surface area contributed by atoms with E-state index < -0.39 is 5.82 Å². The number of hydrogen-bond acceptors (Lipinski definition) is 5. The number of nitrogens with zero attached hydrogens (tertiary/aromatic N) is 5. The monoisotopic (exact) mass is 286 g/mol. The molecule has 0 saturated carbocycles. The van der Waals surface area contributed by atoms with Crippen LogP contribution in [0, 0.1) is 24.1 Å². The lowest BCUT2D eigenvalue weighted by atomic mass is 10.1. The van der Waals surface area contributed by atoms with E-state index >= 15 is 0 Å². The van der Waals surface area contributed by atoms with E-state index in [4.69, 9.17) is 11.0 Å². The molecule has 0 amide bonds. The van der Waals surface area contributed by atoms with Crippen LogP contribution >= 0.6 is 0 Å². The Labute approximate surface area is 121 Å². The summed E-state index contributed by atoms with van der Waals surface area (Å²) in [5.41, 5.74) is 7.46. The van der Waals surface area contributed by atoms with Gasteiger partial charge >= 0.3 is 0 Å². The number of imidazole rings is 1. The molecular weight excluding hydrogens is 271 g/mol. The molecule has 0 fully saturated rings. The minimum Gasteiger partial charge on any atom is -0.376 e. The lowest BCUT2D eigenvalue weighted by Gasteiger charge is -2.17. The fraction of sp³-hybridized carbons (Fsp3) is 0.214. The summed E-state index contributed by atoms with van der Waals surface area (Å²) in [6, 6.07) is 4.73. The highest BCUT2D eigenvalue weighted by Crippen LogP contribution is 2.25. The zero-order chi connectivity index (χ0) is 15.6. The Kier molecular flexibility index (Phi) is 3.89. The lowest BCUT2D eigenvalue weighted by Crippen LogP contribution is -2.14. The van der Waals surface area contributed by atoms with Gasteiger partial charge in [0.1, 0.15) is 11.9 Å². The van der Waals surface area contributed by atoms with E-state index in [-0.39, 0.29) is 11.5 Å². The molecular formula is C14H15FN6. The summed E-state index contributed by atoms with van der Waals surface area (Å²) in [6.07, 6.45) is 2.97. The molecule has 0 unspecified atom stereocenters. The normalized spacial score (nSPS) is 10.8. The van der Waals surface area contributed by atoms with Crippen molar-refractivity contribution in [3.05, 3.63) is 41.0 Å². The SMILES string of the molecule is Cc1cn(N=Cc2c(F)ccc(C#N)c2N(C)C)c(N)n1. The minimum atomic E-state index is -0.461. The van der Waals surface area contributed by atoms with Crippen molar-refractivity contribution in [1.82, 2.24) is 9.66 Å². The van der Waals surface area contributed by atoms with Gasteiger partial charge in [0, 0.05) is 14.1 Å². The molecule has 6 nitrogen and oxygen atoms in total. The van der Waals surface area contributed by atoms with Crippen LogP contribution in [0.5, 0.6) is 0 Å². The van der Waals surface area contributed by atoms with Crippen molar-refractivity contribution in [1.29, 1.82) is 5.26 Å². The van der Waals surface area contributed by atoms with E-state index in [9.17, 15) is 4.39 Å². The van der Waals surface area contributed by atoms with Crippen molar-refractivity contribution in [2.45, 2.75) is 6.92 Å². The van der Waals surface area contributed by atoms with Gasteiger partial charge in [-0.2, -0.15) is 10.4 Å². The van der Waals surface area contributed by atoms with Crippen molar-refractivity contribution in [2.75, 3.05) is 24.7 Å². The predicted octanol–water partition coefficient (Wildman–Crippen LogP) is 1.73. The molecule has 0 spiro atoms. The molecule has 2 rings (SSSR count). The van der Waals surface area contributed by atoms with Crippen molar-refractivity contribution in [3.8, 4) is 6.07 Å². The number of aryl methyl sites for hydroxylation is 1. The fourth-order valence-corrected chi connectivity index (χ4v) is 1.99. The molecule has 0 bridgehead atoms. The smallest absolute Gasteiger partial charge is 0.221 e. The van der Waals surface area contributed by atoms with Gasteiger partial charge in [-0.1, -0.05) is 0 Å². The van der Waals surface area contributed by atoms with Gasteiger partial charge in [-0.15, -0.1) is 0 Å². The molecule has 108 valence electrons. The second-order valence-corrected chi connectivity index (χ2v) is 4.69. The number of hydrogen-bond donors (Lipinski definition) is 1. The number of nitrogen functional groups attached to an aromatic ring is 1. The Morgan fingerprint density at radius 2 is 2.19 bits per heavy atom. The fourth-order valence-electron chi connectivity index (χ4n) is 1.99. The van der Waals surface area contributed by atoms with Gasteiger partial charge in [-0.25, -0.2) is 14.1 Å². The number of nitrogens with two attached hydrogens (primary N) is 1. The van der Waals surface area contributed by atoms with Crippen LogP contribution in [0.15, 0.2) is 23.4 Å². The number of rotatable bonds is 3. The third-order valence-corrected chi connectivity index (χ3v) is 2.88. The first-order chi connectivity index (χ1) is 9.93. The maximum atomic E-state index is 14.1. The number of nitriles is 1. The van der Waals surface area contributed by atoms with Crippen molar-refractivity contribution in [2.24, 2.45) is 5.10 Å². The first-order valence-electron chi connectivity index (χ1n) is 6.19. The second-order valence-electron chi connectivity index (χ2n) is 4.69. The van der Waals surface area contributed by atoms with Crippen LogP contribution in [0.1, 0.15) is 16.8 Å². The van der Waals surface area contributed by atoms with Gasteiger partial charge in [0.05, 0.1) is 34.9 Å². The molecule has 1 aromatic heterocycles. The van der Waals surface area contributed by atoms with Gasteiger partial charge in [0.25, 0.3) is 0 Å². The zero-order valence-electron chi connectivity index (χ0n) is 12.0. The summed E-state index contributed by atoms with van der Waals surface area (Å²) >= 11 is 0. The van der Waals surface area contributed by atoms with Crippen molar-refractivity contribution >= 4 is 17.9 Å². The molecule has 0 atom stereocenters. The molecule has 0 aliphatic rings. The third-order valence-electron chi connectivity index (χ3n) is 2.88. The van der Waals surface area contributed by atoms with Crippen molar-refractivity contribution in [3.63, 3.8) is 0 Å². The van der Waals surface area contributed by atoms with Gasteiger partial charge in [0.2, 0.25) is 5.95 Å². The third kappa shape index (κ3) is 2.84. The average molecular weight is 286 g/mol. The highest BCUT2D eigenvalue weighted by atomic mass is 19.1. The van der Waals surface area contributed by atoms with Crippen molar-refractivity contribution < 1.29 is 4.39 Å². The van der Waals surface area contributed by atoms with Crippen LogP contribution in [-0.4, -0.2) is 30.0 Å². The molecule has 1 heterocycles. The first-order valence-corrected chi connectivity index (χ1v) is 6.19. The van der Waals surface area contributed by atoms with E-state index in [1.807, 2.05) is 6.07 Å².